The van der Waals surface area contributed by atoms with Crippen LogP contribution < -0.4 is 9.47 Å². The summed E-state index contributed by atoms with van der Waals surface area (Å²) in [5.74, 6) is 1.43. The zero-order valence-electron chi connectivity index (χ0n) is 20.9. The van der Waals surface area contributed by atoms with Crippen LogP contribution in [-0.4, -0.2) is 55.2 Å². The highest BCUT2D eigenvalue weighted by molar-refractivity contribution is 9.10. The first kappa shape index (κ1) is 33.4. The lowest BCUT2D eigenvalue weighted by atomic mass is 10.2. The van der Waals surface area contributed by atoms with Crippen molar-refractivity contribution in [3.05, 3.63) is 22.2 Å². The Morgan fingerprint density at radius 2 is 1.35 bits per heavy atom. The molecule has 0 unspecified atom stereocenters. The molecule has 4 nitrogen and oxygen atoms in total. The predicted molar refractivity (Wildman–Crippen MR) is 146 cm³/mol. The Balaban J connectivity index is 0. The fraction of sp³-hybridized carbons (Fsp3) is 0.727. The summed E-state index contributed by atoms with van der Waals surface area (Å²) in [7, 11) is -0.217. The van der Waals surface area contributed by atoms with Crippen LogP contribution in [0.3, 0.4) is 0 Å². The maximum atomic E-state index is 5.63. The van der Waals surface area contributed by atoms with E-state index in [-0.39, 0.29) is 12.1 Å². The number of aryl methyl sites for hydroxylation is 1. The van der Waals surface area contributed by atoms with Gasteiger partial charge in [-0.1, -0.05) is 55.2 Å². The summed E-state index contributed by atoms with van der Waals surface area (Å²) in [6.45, 7) is 21.0. The summed E-state index contributed by atoms with van der Waals surface area (Å²) in [6, 6.07) is 6.30. The molecule has 0 aliphatic rings. The van der Waals surface area contributed by atoms with Gasteiger partial charge in [-0.25, -0.2) is 0 Å². The lowest BCUT2D eigenvalue weighted by Gasteiger charge is -2.16. The molecule has 0 N–H and O–H groups in total. The number of methoxy groups -OCH3 is 1. The van der Waals surface area contributed by atoms with Crippen LogP contribution in [0.5, 0.6) is 11.5 Å². The minimum absolute atomic E-state index is 0.194. The smallest absolute Gasteiger partial charge is 0.189 e. The van der Waals surface area contributed by atoms with Crippen molar-refractivity contribution >= 4 is 55.3 Å². The average Bonchev–Trinajstić information content (AvgIpc) is 2.63. The molecule has 0 fully saturated rings. The second-order valence-corrected chi connectivity index (χ2v) is 22.2. The van der Waals surface area contributed by atoms with Gasteiger partial charge in [0, 0.05) is 40.4 Å². The third kappa shape index (κ3) is 21.8. The number of benzene rings is 1. The van der Waals surface area contributed by atoms with Crippen LogP contribution in [0, 0.1) is 6.92 Å². The molecule has 1 aromatic rings. The lowest BCUT2D eigenvalue weighted by molar-refractivity contribution is 0.0205. The number of hydrogen-bond donors (Lipinski definition) is 0. The summed E-state index contributed by atoms with van der Waals surface area (Å²) < 4.78 is 22.7. The van der Waals surface area contributed by atoms with E-state index in [2.05, 4.69) is 55.2 Å². The Morgan fingerprint density at radius 3 is 1.77 bits per heavy atom. The van der Waals surface area contributed by atoms with Crippen LogP contribution >= 0.6 is 39.1 Å². The van der Waals surface area contributed by atoms with Crippen molar-refractivity contribution < 1.29 is 18.9 Å². The van der Waals surface area contributed by atoms with E-state index in [1.807, 2.05) is 26.0 Å². The van der Waals surface area contributed by atoms with E-state index < -0.39 is 16.1 Å². The average molecular weight is 579 g/mol. The predicted octanol–water partition coefficient (Wildman–Crippen LogP) is 8.24. The van der Waals surface area contributed by atoms with Crippen molar-refractivity contribution in [1.29, 1.82) is 0 Å². The van der Waals surface area contributed by atoms with Gasteiger partial charge in [0.25, 0.3) is 0 Å². The molecule has 184 valence electrons. The fourth-order valence-corrected chi connectivity index (χ4v) is 3.81. The minimum Gasteiger partial charge on any atom is -0.493 e. The van der Waals surface area contributed by atoms with Crippen molar-refractivity contribution in [3.63, 3.8) is 0 Å². The lowest BCUT2D eigenvalue weighted by Crippen LogP contribution is -2.22. The van der Waals surface area contributed by atoms with Crippen molar-refractivity contribution in [3.8, 4) is 11.5 Å². The Labute approximate surface area is 211 Å². The van der Waals surface area contributed by atoms with Crippen LogP contribution in [0.25, 0.3) is 0 Å². The highest BCUT2D eigenvalue weighted by atomic mass is 79.9. The third-order valence-corrected chi connectivity index (χ3v) is 8.20. The Kier molecular flexibility index (Phi) is 20.1. The second-order valence-electron chi connectivity index (χ2n) is 9.34. The van der Waals surface area contributed by atoms with Crippen LogP contribution in [0.4, 0.5) is 0 Å². The quantitative estimate of drug-likeness (QED) is 0.115. The normalized spacial score (nSPS) is 11.1. The van der Waals surface area contributed by atoms with E-state index >= 15 is 0 Å². The molecule has 31 heavy (non-hydrogen) atoms. The largest absolute Gasteiger partial charge is 0.493 e. The summed E-state index contributed by atoms with van der Waals surface area (Å²) in [5, 5.41) is 0.194. The highest BCUT2D eigenvalue weighted by Gasteiger charge is 2.13. The fourth-order valence-electron chi connectivity index (χ4n) is 1.97. The monoisotopic (exact) mass is 576 g/mol. The molecule has 0 spiro atoms. The number of hydrogen-bond acceptors (Lipinski definition) is 4. The van der Waals surface area contributed by atoms with E-state index in [0.717, 1.165) is 41.7 Å². The first-order valence-electron chi connectivity index (χ1n) is 10.6. The zero-order valence-corrected chi connectivity index (χ0v) is 26.0. The Hall–Kier alpha value is 0.234. The van der Waals surface area contributed by atoms with Crippen LogP contribution in [-0.2, 0) is 9.47 Å². The van der Waals surface area contributed by atoms with Gasteiger partial charge in [0.15, 0.2) is 18.3 Å². The van der Waals surface area contributed by atoms with E-state index in [1.165, 1.54) is 6.04 Å². The van der Waals surface area contributed by atoms with Crippen LogP contribution in [0.15, 0.2) is 16.6 Å². The second kappa shape index (κ2) is 18.6. The molecule has 0 aliphatic heterocycles. The molecule has 1 aromatic carbocycles. The molecule has 0 heterocycles. The molecular formula is C22H43BrCl2O4Si2. The molecule has 0 aromatic heterocycles. The van der Waals surface area contributed by atoms with Gasteiger partial charge in [0.2, 0.25) is 0 Å². The van der Waals surface area contributed by atoms with Crippen LogP contribution in [0.2, 0.25) is 51.4 Å². The van der Waals surface area contributed by atoms with Gasteiger partial charge in [-0.3, -0.25) is 0 Å². The molecule has 0 amide bonds. The first-order chi connectivity index (χ1) is 14.3. The van der Waals surface area contributed by atoms with Gasteiger partial charge in [-0.05, 0) is 43.6 Å². The molecule has 0 aliphatic carbocycles. The van der Waals surface area contributed by atoms with Gasteiger partial charge in [0.1, 0.15) is 0 Å². The molecule has 9 heteroatoms. The number of alkyl halides is 2. The van der Waals surface area contributed by atoms with E-state index in [1.54, 1.807) is 7.11 Å². The van der Waals surface area contributed by atoms with Crippen molar-refractivity contribution in [1.82, 2.24) is 0 Å². The van der Waals surface area contributed by atoms with Crippen molar-refractivity contribution in [2.24, 2.45) is 0 Å². The zero-order chi connectivity index (χ0) is 24.5. The standard InChI is InChI=1S/C14H23BrO3Si.C7H18OSi.CH2Cl2/c1-11-8-14(13(16-2)9-12(11)15)18-10-17-6-7-19(3,4)5;1-5-8-6-7-9(2,3)4;2-1-3/h8-9H,6-7,10H2,1-5H3;5-7H2,1-4H3;1H2. The SMILES string of the molecule is CCOCC[Si](C)(C)C.COc1cc(Br)c(C)cc1OCOCC[Si](C)(C)C.ClCCl. The van der Waals surface area contributed by atoms with Crippen molar-refractivity contribution in [2.45, 2.75) is 65.2 Å². The summed E-state index contributed by atoms with van der Waals surface area (Å²) in [5.41, 5.74) is 1.11. The maximum absolute atomic E-state index is 5.63. The van der Waals surface area contributed by atoms with Gasteiger partial charge in [0.05, 0.1) is 12.4 Å². The topological polar surface area (TPSA) is 36.9 Å². The summed E-state index contributed by atoms with van der Waals surface area (Å²) >= 11 is 13.0. The molecule has 0 bridgehead atoms. The number of rotatable bonds is 11. The van der Waals surface area contributed by atoms with Gasteiger partial charge in [-0.2, -0.15) is 0 Å². The highest BCUT2D eigenvalue weighted by Crippen LogP contribution is 2.33. The van der Waals surface area contributed by atoms with Gasteiger partial charge >= 0.3 is 0 Å². The Morgan fingerprint density at radius 1 is 0.871 bits per heavy atom. The van der Waals surface area contributed by atoms with E-state index in [0.29, 0.717) is 5.75 Å². The Bertz CT molecular complexity index is 580. The van der Waals surface area contributed by atoms with E-state index in [4.69, 9.17) is 42.1 Å². The molecule has 0 saturated carbocycles. The molecule has 0 saturated heterocycles. The maximum Gasteiger partial charge on any atom is 0.189 e. The summed E-state index contributed by atoms with van der Waals surface area (Å²) in [4.78, 5) is 0. The molecular weight excluding hydrogens is 535 g/mol. The van der Waals surface area contributed by atoms with Crippen molar-refractivity contribution in [2.75, 3.05) is 39.1 Å². The third-order valence-electron chi connectivity index (χ3n) is 3.94. The van der Waals surface area contributed by atoms with Gasteiger partial charge < -0.3 is 18.9 Å². The minimum atomic E-state index is -1.03. The number of ether oxygens (including phenoxy) is 4. The van der Waals surface area contributed by atoms with E-state index in [9.17, 15) is 0 Å². The summed E-state index contributed by atoms with van der Waals surface area (Å²) in [6.07, 6.45) is 0. The molecule has 1 rings (SSSR count). The van der Waals surface area contributed by atoms with Gasteiger partial charge in [-0.15, -0.1) is 23.2 Å². The first-order valence-corrected chi connectivity index (χ1v) is 19.8. The van der Waals surface area contributed by atoms with Crippen LogP contribution in [0.1, 0.15) is 12.5 Å². The molecule has 0 radical (unpaired) electrons. The number of halogens is 3. The molecule has 0 atom stereocenters.